The third kappa shape index (κ3) is 9.97. The maximum Gasteiger partial charge on any atom is 0.407 e. The van der Waals surface area contributed by atoms with E-state index in [4.69, 9.17) is 14.2 Å². The topological polar surface area (TPSA) is 77.0 Å². The predicted molar refractivity (Wildman–Crippen MR) is 86.0 cm³/mol. The Kier molecular flexibility index (Phi) is 10.4. The second-order valence-electron chi connectivity index (χ2n) is 6.58. The van der Waals surface area contributed by atoms with Crippen molar-refractivity contribution in [2.45, 2.75) is 52.6 Å². The Bertz CT molecular complexity index is 297. The maximum absolute atomic E-state index is 11.7. The van der Waals surface area contributed by atoms with E-state index in [1.54, 1.807) is 7.11 Å². The van der Waals surface area contributed by atoms with Crippen LogP contribution in [0.3, 0.4) is 0 Å². The molecular weight excluding hydrogens is 286 g/mol. The molecule has 0 aliphatic carbocycles. The molecule has 22 heavy (non-hydrogen) atoms. The molecule has 1 unspecified atom stereocenters. The van der Waals surface area contributed by atoms with Crippen LogP contribution in [0, 0.1) is 5.41 Å². The molecule has 2 N–H and O–H groups in total. The molecule has 0 aromatic heterocycles. The predicted octanol–water partition coefficient (Wildman–Crippen LogP) is 2.34. The molecule has 0 aromatic carbocycles. The number of hydrogen-bond acceptors (Lipinski definition) is 5. The minimum atomic E-state index is -0.520. The molecule has 0 spiro atoms. The van der Waals surface area contributed by atoms with Gasteiger partial charge in [0.1, 0.15) is 5.60 Å². The van der Waals surface area contributed by atoms with Gasteiger partial charge in [-0.25, -0.2) is 4.79 Å². The summed E-state index contributed by atoms with van der Waals surface area (Å²) in [7, 11) is 1.64. The number of aliphatic hydroxyl groups excluding tert-OH is 1. The van der Waals surface area contributed by atoms with Crippen molar-refractivity contribution in [1.29, 1.82) is 0 Å². The normalized spacial score (nSPS) is 14.5. The van der Waals surface area contributed by atoms with E-state index < -0.39 is 11.7 Å². The molecule has 0 aliphatic rings. The SMILES string of the molecule is CCC(CO)(CCCOCCOC)CNC(=O)OC(C)(C)C. The van der Waals surface area contributed by atoms with E-state index in [-0.39, 0.29) is 12.0 Å². The van der Waals surface area contributed by atoms with Gasteiger partial charge in [-0.2, -0.15) is 0 Å². The lowest BCUT2D eigenvalue weighted by atomic mass is 9.81. The van der Waals surface area contributed by atoms with Gasteiger partial charge in [0.05, 0.1) is 19.8 Å². The number of ether oxygens (including phenoxy) is 3. The molecule has 1 atom stereocenters. The summed E-state index contributed by atoms with van der Waals surface area (Å²) >= 11 is 0. The molecule has 0 fully saturated rings. The highest BCUT2D eigenvalue weighted by Gasteiger charge is 2.28. The molecule has 0 saturated heterocycles. The first-order chi connectivity index (χ1) is 10.3. The number of carbonyl (C=O) groups is 1. The summed E-state index contributed by atoms with van der Waals surface area (Å²) in [6.45, 7) is 9.68. The van der Waals surface area contributed by atoms with Gasteiger partial charge in [-0.3, -0.25) is 0 Å². The van der Waals surface area contributed by atoms with E-state index in [0.717, 1.165) is 19.3 Å². The fourth-order valence-corrected chi connectivity index (χ4v) is 2.00. The van der Waals surface area contributed by atoms with Gasteiger partial charge in [0.25, 0.3) is 0 Å². The Morgan fingerprint density at radius 2 is 1.86 bits per heavy atom. The number of hydrogen-bond donors (Lipinski definition) is 2. The average Bonchev–Trinajstić information content (AvgIpc) is 2.44. The van der Waals surface area contributed by atoms with Crippen LogP contribution >= 0.6 is 0 Å². The zero-order valence-electron chi connectivity index (χ0n) is 14.7. The third-order valence-electron chi connectivity index (χ3n) is 3.52. The molecule has 132 valence electrons. The average molecular weight is 319 g/mol. The number of methoxy groups -OCH3 is 1. The molecule has 0 radical (unpaired) electrons. The monoisotopic (exact) mass is 319 g/mol. The molecule has 0 aromatic rings. The van der Waals surface area contributed by atoms with Crippen LogP contribution in [0.15, 0.2) is 0 Å². The van der Waals surface area contributed by atoms with Gasteiger partial charge in [0, 0.05) is 25.7 Å². The summed E-state index contributed by atoms with van der Waals surface area (Å²) in [5.41, 5.74) is -0.852. The van der Waals surface area contributed by atoms with E-state index in [0.29, 0.717) is 26.4 Å². The van der Waals surface area contributed by atoms with Crippen LogP contribution in [0.5, 0.6) is 0 Å². The number of carbonyl (C=O) groups excluding carboxylic acids is 1. The van der Waals surface area contributed by atoms with Crippen LogP contribution in [-0.4, -0.2) is 56.9 Å². The summed E-state index contributed by atoms with van der Waals surface area (Å²) in [5.74, 6) is 0. The van der Waals surface area contributed by atoms with Crippen LogP contribution in [0.1, 0.15) is 47.0 Å². The summed E-state index contributed by atoms with van der Waals surface area (Å²) in [4.78, 5) is 11.7. The number of alkyl carbamates (subject to hydrolysis) is 1. The smallest absolute Gasteiger partial charge is 0.407 e. The van der Waals surface area contributed by atoms with E-state index >= 15 is 0 Å². The van der Waals surface area contributed by atoms with Gasteiger partial charge in [0.2, 0.25) is 0 Å². The fraction of sp³-hybridized carbons (Fsp3) is 0.938. The first kappa shape index (κ1) is 21.1. The van der Waals surface area contributed by atoms with Crippen molar-refractivity contribution < 1.29 is 24.1 Å². The van der Waals surface area contributed by atoms with Crippen molar-refractivity contribution in [1.82, 2.24) is 5.32 Å². The maximum atomic E-state index is 11.7. The highest BCUT2D eigenvalue weighted by molar-refractivity contribution is 5.67. The Morgan fingerprint density at radius 3 is 2.36 bits per heavy atom. The van der Waals surface area contributed by atoms with Gasteiger partial charge in [-0.15, -0.1) is 0 Å². The lowest BCUT2D eigenvalue weighted by Crippen LogP contribution is -2.42. The van der Waals surface area contributed by atoms with Crippen molar-refractivity contribution in [2.75, 3.05) is 40.1 Å². The van der Waals surface area contributed by atoms with Gasteiger partial charge in [0.15, 0.2) is 0 Å². The highest BCUT2D eigenvalue weighted by atomic mass is 16.6. The molecule has 6 nitrogen and oxygen atoms in total. The van der Waals surface area contributed by atoms with E-state index in [9.17, 15) is 9.90 Å². The summed E-state index contributed by atoms with van der Waals surface area (Å²) < 4.78 is 15.6. The molecule has 0 saturated carbocycles. The lowest BCUT2D eigenvalue weighted by Gasteiger charge is -2.31. The largest absolute Gasteiger partial charge is 0.444 e. The summed E-state index contributed by atoms with van der Waals surface area (Å²) in [6, 6.07) is 0. The van der Waals surface area contributed by atoms with Gasteiger partial charge < -0.3 is 24.6 Å². The van der Waals surface area contributed by atoms with Crippen LogP contribution < -0.4 is 5.32 Å². The van der Waals surface area contributed by atoms with Gasteiger partial charge in [-0.1, -0.05) is 6.92 Å². The number of nitrogens with one attached hydrogen (secondary N) is 1. The van der Waals surface area contributed by atoms with Crippen LogP contribution in [0.25, 0.3) is 0 Å². The molecule has 6 heteroatoms. The van der Waals surface area contributed by atoms with E-state index in [1.807, 2.05) is 27.7 Å². The minimum Gasteiger partial charge on any atom is -0.444 e. The van der Waals surface area contributed by atoms with Crippen molar-refractivity contribution in [3.05, 3.63) is 0 Å². The summed E-state index contributed by atoms with van der Waals surface area (Å²) in [6.07, 6.45) is 1.93. The number of aliphatic hydroxyl groups is 1. The van der Waals surface area contributed by atoms with Crippen LogP contribution in [0.4, 0.5) is 4.79 Å². The Morgan fingerprint density at radius 1 is 1.18 bits per heavy atom. The third-order valence-corrected chi connectivity index (χ3v) is 3.52. The molecule has 0 heterocycles. The Balaban J connectivity index is 4.18. The van der Waals surface area contributed by atoms with Crippen LogP contribution in [-0.2, 0) is 14.2 Å². The zero-order chi connectivity index (χ0) is 17.1. The molecular formula is C16H33NO5. The number of rotatable bonds is 11. The first-order valence-electron chi connectivity index (χ1n) is 7.93. The first-order valence-corrected chi connectivity index (χ1v) is 7.93. The lowest BCUT2D eigenvalue weighted by molar-refractivity contribution is 0.0399. The fourth-order valence-electron chi connectivity index (χ4n) is 2.00. The Hall–Kier alpha value is -0.850. The Labute approximate surface area is 134 Å². The second kappa shape index (κ2) is 10.8. The van der Waals surface area contributed by atoms with Crippen molar-refractivity contribution in [3.63, 3.8) is 0 Å². The second-order valence-corrected chi connectivity index (χ2v) is 6.58. The van der Waals surface area contributed by atoms with Crippen LogP contribution in [0.2, 0.25) is 0 Å². The van der Waals surface area contributed by atoms with Crippen molar-refractivity contribution >= 4 is 6.09 Å². The molecule has 0 aliphatic heterocycles. The molecule has 0 bridgehead atoms. The highest BCUT2D eigenvalue weighted by Crippen LogP contribution is 2.27. The molecule has 0 rings (SSSR count). The number of amides is 1. The van der Waals surface area contributed by atoms with Gasteiger partial charge in [-0.05, 0) is 40.0 Å². The molecule has 1 amide bonds. The van der Waals surface area contributed by atoms with E-state index in [2.05, 4.69) is 5.32 Å². The minimum absolute atomic E-state index is 0.0252. The van der Waals surface area contributed by atoms with Crippen molar-refractivity contribution in [2.24, 2.45) is 5.41 Å². The standard InChI is InChI=1S/C16H33NO5/c1-6-16(13-18,8-7-9-21-11-10-20-5)12-17-14(19)22-15(2,3)4/h18H,6-13H2,1-5H3,(H,17,19). The van der Waals surface area contributed by atoms with Gasteiger partial charge >= 0.3 is 6.09 Å². The summed E-state index contributed by atoms with van der Waals surface area (Å²) in [5, 5.41) is 12.5. The quantitative estimate of drug-likeness (QED) is 0.572. The van der Waals surface area contributed by atoms with Crippen molar-refractivity contribution in [3.8, 4) is 0 Å². The zero-order valence-corrected chi connectivity index (χ0v) is 14.7. The van der Waals surface area contributed by atoms with E-state index in [1.165, 1.54) is 0 Å².